The molecule has 1 amide bonds. The number of carbonyl (C=O) groups is 1. The Morgan fingerprint density at radius 1 is 1.06 bits per heavy atom. The normalized spacial score (nSPS) is 13.7. The monoisotopic (exact) mass is 469 g/mol. The molecule has 166 valence electrons. The number of nitrogens with one attached hydrogen (secondary N) is 1. The SMILES string of the molecule is O=C1NCN(Cc2c(F)cc(F)cc2F)c2ccc(Sc3ncccc3C(F)(F)F)cc21. The Morgan fingerprint density at radius 3 is 2.47 bits per heavy atom. The summed E-state index contributed by atoms with van der Waals surface area (Å²) in [5, 5.41) is 2.27. The first-order valence-corrected chi connectivity index (χ1v) is 9.96. The van der Waals surface area contributed by atoms with Crippen molar-refractivity contribution in [1.29, 1.82) is 0 Å². The third-order valence-corrected chi connectivity index (χ3v) is 5.74. The lowest BCUT2D eigenvalue weighted by Crippen LogP contribution is -2.43. The Morgan fingerprint density at radius 2 is 1.78 bits per heavy atom. The predicted molar refractivity (Wildman–Crippen MR) is 105 cm³/mol. The summed E-state index contributed by atoms with van der Waals surface area (Å²) in [7, 11) is 0. The zero-order valence-electron chi connectivity index (χ0n) is 16.0. The van der Waals surface area contributed by atoms with Crippen LogP contribution in [0, 0.1) is 17.5 Å². The van der Waals surface area contributed by atoms with Crippen LogP contribution >= 0.6 is 11.8 Å². The Hall–Kier alpha value is -3.21. The number of alkyl halides is 3. The first-order valence-electron chi connectivity index (χ1n) is 9.14. The van der Waals surface area contributed by atoms with Crippen LogP contribution in [0.5, 0.6) is 0 Å². The summed E-state index contributed by atoms with van der Waals surface area (Å²) in [5.74, 6) is -3.67. The maximum absolute atomic E-state index is 14.1. The number of hydrogen-bond donors (Lipinski definition) is 1. The molecular weight excluding hydrogens is 456 g/mol. The second kappa shape index (κ2) is 8.38. The number of nitrogens with zero attached hydrogens (tertiary/aromatic N) is 2. The highest BCUT2D eigenvalue weighted by Gasteiger charge is 2.34. The van der Waals surface area contributed by atoms with Gasteiger partial charge in [-0.05, 0) is 30.3 Å². The number of aromatic nitrogens is 1. The number of pyridine rings is 1. The van der Waals surface area contributed by atoms with E-state index in [9.17, 15) is 31.1 Å². The van der Waals surface area contributed by atoms with Crippen molar-refractivity contribution in [2.24, 2.45) is 0 Å². The van der Waals surface area contributed by atoms with E-state index < -0.39 is 35.1 Å². The van der Waals surface area contributed by atoms with Crippen LogP contribution in [0.2, 0.25) is 0 Å². The Bertz CT molecular complexity index is 1180. The van der Waals surface area contributed by atoms with Gasteiger partial charge in [-0.3, -0.25) is 4.79 Å². The minimum Gasteiger partial charge on any atom is -0.349 e. The lowest BCUT2D eigenvalue weighted by atomic mass is 10.1. The number of hydrogen-bond acceptors (Lipinski definition) is 4. The van der Waals surface area contributed by atoms with Crippen molar-refractivity contribution in [3.05, 3.63) is 82.8 Å². The van der Waals surface area contributed by atoms with E-state index in [1.165, 1.54) is 35.4 Å². The molecule has 1 aliphatic heterocycles. The number of fused-ring (bicyclic) bond motifs is 1. The largest absolute Gasteiger partial charge is 0.419 e. The van der Waals surface area contributed by atoms with Crippen LogP contribution in [0.1, 0.15) is 21.5 Å². The molecule has 0 spiro atoms. The molecular formula is C21H13F6N3OS. The molecule has 0 fully saturated rings. The van der Waals surface area contributed by atoms with E-state index in [0.717, 1.165) is 17.8 Å². The van der Waals surface area contributed by atoms with E-state index in [2.05, 4.69) is 10.3 Å². The molecule has 1 aliphatic rings. The van der Waals surface area contributed by atoms with Gasteiger partial charge < -0.3 is 10.2 Å². The van der Waals surface area contributed by atoms with Gasteiger partial charge in [-0.1, -0.05) is 11.8 Å². The fourth-order valence-electron chi connectivity index (χ4n) is 3.24. The molecule has 11 heteroatoms. The summed E-state index contributed by atoms with van der Waals surface area (Å²) in [5.41, 5.74) is -0.835. The Balaban J connectivity index is 1.65. The molecule has 0 aliphatic carbocycles. The van der Waals surface area contributed by atoms with Crippen molar-refractivity contribution in [1.82, 2.24) is 10.3 Å². The average Bonchev–Trinajstić information content (AvgIpc) is 2.72. The Kier molecular flexibility index (Phi) is 5.76. The quantitative estimate of drug-likeness (QED) is 0.522. The Labute approximate surface area is 182 Å². The molecule has 1 aromatic heterocycles. The molecule has 0 saturated heterocycles. The summed E-state index contributed by atoms with van der Waals surface area (Å²) < 4.78 is 81.0. The summed E-state index contributed by atoms with van der Waals surface area (Å²) >= 11 is 0.736. The fourth-order valence-corrected chi connectivity index (χ4v) is 4.18. The van der Waals surface area contributed by atoms with Gasteiger partial charge in [0.2, 0.25) is 0 Å². The number of halogens is 6. The van der Waals surface area contributed by atoms with Crippen LogP contribution in [0.4, 0.5) is 32.0 Å². The molecule has 2 heterocycles. The van der Waals surface area contributed by atoms with E-state index in [4.69, 9.17) is 0 Å². The molecule has 0 saturated carbocycles. The zero-order chi connectivity index (χ0) is 23.0. The summed E-state index contributed by atoms with van der Waals surface area (Å²) in [4.78, 5) is 17.9. The summed E-state index contributed by atoms with van der Waals surface area (Å²) in [6, 6.07) is 7.56. The van der Waals surface area contributed by atoms with Gasteiger partial charge >= 0.3 is 6.18 Å². The maximum Gasteiger partial charge on any atom is 0.419 e. The first-order chi connectivity index (χ1) is 15.1. The standard InChI is InChI=1S/C21H13F6N3OS/c22-11-6-16(23)14(17(24)7-11)9-30-10-29-19(31)13-8-12(3-4-18(13)30)32-20-15(21(25,26)27)2-1-5-28-20/h1-8H,9-10H2,(H,29,31). The van der Waals surface area contributed by atoms with Crippen molar-refractivity contribution in [2.75, 3.05) is 11.6 Å². The number of benzene rings is 2. The molecule has 0 atom stereocenters. The van der Waals surface area contributed by atoms with Gasteiger partial charge in [-0.15, -0.1) is 0 Å². The lowest BCUT2D eigenvalue weighted by molar-refractivity contribution is -0.140. The van der Waals surface area contributed by atoms with Crippen molar-refractivity contribution in [3.63, 3.8) is 0 Å². The zero-order valence-corrected chi connectivity index (χ0v) is 16.8. The van der Waals surface area contributed by atoms with E-state index in [1.807, 2.05) is 0 Å². The third kappa shape index (κ3) is 4.38. The molecule has 3 aromatic rings. The van der Waals surface area contributed by atoms with Crippen molar-refractivity contribution in [3.8, 4) is 0 Å². The third-order valence-electron chi connectivity index (χ3n) is 4.73. The minimum absolute atomic E-state index is 0.0625. The van der Waals surface area contributed by atoms with E-state index in [-0.39, 0.29) is 29.4 Å². The van der Waals surface area contributed by atoms with Gasteiger partial charge in [0.25, 0.3) is 5.91 Å². The van der Waals surface area contributed by atoms with Crippen LogP contribution < -0.4 is 10.2 Å². The van der Waals surface area contributed by atoms with Crippen LogP contribution in [-0.4, -0.2) is 17.6 Å². The number of carbonyl (C=O) groups excluding carboxylic acids is 1. The van der Waals surface area contributed by atoms with Gasteiger partial charge in [-0.2, -0.15) is 13.2 Å². The van der Waals surface area contributed by atoms with Crippen LogP contribution in [0.15, 0.2) is 58.6 Å². The van der Waals surface area contributed by atoms with Crippen LogP contribution in [0.3, 0.4) is 0 Å². The maximum atomic E-state index is 14.1. The van der Waals surface area contributed by atoms with Gasteiger partial charge in [0, 0.05) is 28.8 Å². The summed E-state index contributed by atoms with van der Waals surface area (Å²) in [6.07, 6.45) is -3.36. The van der Waals surface area contributed by atoms with E-state index >= 15 is 0 Å². The van der Waals surface area contributed by atoms with Crippen molar-refractivity contribution in [2.45, 2.75) is 22.6 Å². The first kappa shape index (κ1) is 22.0. The van der Waals surface area contributed by atoms with E-state index in [0.29, 0.717) is 22.7 Å². The summed E-state index contributed by atoms with van der Waals surface area (Å²) in [6.45, 7) is -0.358. The molecule has 0 unspecified atom stereocenters. The molecule has 0 radical (unpaired) electrons. The average molecular weight is 469 g/mol. The molecule has 32 heavy (non-hydrogen) atoms. The number of rotatable bonds is 4. The predicted octanol–water partition coefficient (Wildman–Crippen LogP) is 5.38. The van der Waals surface area contributed by atoms with Gasteiger partial charge in [0.15, 0.2) is 0 Å². The van der Waals surface area contributed by atoms with Gasteiger partial charge in [0.1, 0.15) is 22.5 Å². The number of anilines is 1. The minimum atomic E-state index is -4.59. The second-order valence-electron chi connectivity index (χ2n) is 6.84. The lowest BCUT2D eigenvalue weighted by Gasteiger charge is -2.31. The smallest absolute Gasteiger partial charge is 0.349 e. The van der Waals surface area contributed by atoms with Gasteiger partial charge in [-0.25, -0.2) is 18.2 Å². The molecule has 4 rings (SSSR count). The molecule has 1 N–H and O–H groups in total. The van der Waals surface area contributed by atoms with Crippen molar-refractivity contribution >= 4 is 23.4 Å². The van der Waals surface area contributed by atoms with E-state index in [1.54, 1.807) is 0 Å². The van der Waals surface area contributed by atoms with Gasteiger partial charge in [0.05, 0.1) is 30.0 Å². The second-order valence-corrected chi connectivity index (χ2v) is 7.91. The fraction of sp³-hybridized carbons (Fsp3) is 0.143. The van der Waals surface area contributed by atoms with Crippen LogP contribution in [0.25, 0.3) is 0 Å². The van der Waals surface area contributed by atoms with Crippen molar-refractivity contribution < 1.29 is 31.1 Å². The molecule has 2 aromatic carbocycles. The number of amides is 1. The topological polar surface area (TPSA) is 45.2 Å². The highest BCUT2D eigenvalue weighted by molar-refractivity contribution is 7.99. The molecule has 0 bridgehead atoms. The highest BCUT2D eigenvalue weighted by atomic mass is 32.2. The molecule has 4 nitrogen and oxygen atoms in total. The van der Waals surface area contributed by atoms with Crippen LogP contribution in [-0.2, 0) is 12.7 Å². The highest BCUT2D eigenvalue weighted by Crippen LogP contribution is 2.39.